The van der Waals surface area contributed by atoms with E-state index in [4.69, 9.17) is 14.2 Å². The maximum absolute atomic E-state index is 12.2. The first-order chi connectivity index (χ1) is 14.7. The van der Waals surface area contributed by atoms with Gasteiger partial charge in [-0.05, 0) is 44.4 Å². The molecule has 156 valence electrons. The van der Waals surface area contributed by atoms with Crippen molar-refractivity contribution in [2.24, 2.45) is 0 Å². The number of ether oxygens (including phenoxy) is 1. The molecule has 2 aliphatic rings. The molecule has 1 N–H and O–H groups in total. The molecule has 30 heavy (non-hydrogen) atoms. The highest BCUT2D eigenvalue weighted by atomic mass is 16.5. The summed E-state index contributed by atoms with van der Waals surface area (Å²) in [6.45, 7) is 2.67. The van der Waals surface area contributed by atoms with Crippen molar-refractivity contribution in [2.45, 2.75) is 44.2 Å². The fourth-order valence-electron chi connectivity index (χ4n) is 4.16. The Morgan fingerprint density at radius 3 is 3.00 bits per heavy atom. The molecule has 0 radical (unpaired) electrons. The van der Waals surface area contributed by atoms with Gasteiger partial charge in [0.15, 0.2) is 0 Å². The van der Waals surface area contributed by atoms with Crippen molar-refractivity contribution in [1.82, 2.24) is 20.4 Å². The summed E-state index contributed by atoms with van der Waals surface area (Å²) in [5.41, 5.74) is 2.79. The van der Waals surface area contributed by atoms with Crippen LogP contribution in [0.4, 0.5) is 0 Å². The normalized spacial score (nSPS) is 19.7. The molecule has 1 aromatic carbocycles. The number of nitrogens with zero attached hydrogens (tertiary/aromatic N) is 3. The number of para-hydroxylation sites is 1. The van der Waals surface area contributed by atoms with E-state index >= 15 is 0 Å². The summed E-state index contributed by atoms with van der Waals surface area (Å²) in [4.78, 5) is 19.4. The predicted octanol–water partition coefficient (Wildman–Crippen LogP) is 3.50. The van der Waals surface area contributed by atoms with Crippen LogP contribution in [0.2, 0.25) is 0 Å². The Morgan fingerprint density at radius 1 is 1.27 bits per heavy atom. The molecule has 0 unspecified atom stereocenters. The number of likely N-dealkylation sites (tertiary alicyclic amines) is 1. The molecule has 0 spiro atoms. The zero-order chi connectivity index (χ0) is 20.5. The number of nitrogens with one attached hydrogen (secondary N) is 1. The van der Waals surface area contributed by atoms with Gasteiger partial charge in [-0.15, -0.1) is 0 Å². The van der Waals surface area contributed by atoms with Gasteiger partial charge in [0.2, 0.25) is 5.76 Å². The SMILES string of the molecule is COc1cccc2ccc(CN3CCC[C@H](c4cc(C(=O)NC5CC5)on4)C3)nc12. The maximum atomic E-state index is 12.2. The van der Waals surface area contributed by atoms with Crippen LogP contribution in [0.5, 0.6) is 5.75 Å². The third kappa shape index (κ3) is 4.03. The molecule has 3 heterocycles. The van der Waals surface area contributed by atoms with Gasteiger partial charge in [-0.25, -0.2) is 4.98 Å². The average molecular weight is 406 g/mol. The third-order valence-electron chi connectivity index (χ3n) is 5.93. The van der Waals surface area contributed by atoms with Crippen molar-refractivity contribution in [3.8, 4) is 5.75 Å². The Hall–Kier alpha value is -2.93. The molecule has 7 heteroatoms. The number of rotatable bonds is 6. The monoisotopic (exact) mass is 406 g/mol. The molecular formula is C23H26N4O3. The second-order valence-electron chi connectivity index (χ2n) is 8.27. The molecular weight excluding hydrogens is 380 g/mol. The van der Waals surface area contributed by atoms with Crippen molar-refractivity contribution in [2.75, 3.05) is 20.2 Å². The van der Waals surface area contributed by atoms with Crippen LogP contribution in [0, 0.1) is 0 Å². The van der Waals surface area contributed by atoms with Gasteiger partial charge in [0.1, 0.15) is 11.3 Å². The summed E-state index contributed by atoms with van der Waals surface area (Å²) in [6, 6.07) is 12.3. The second-order valence-corrected chi connectivity index (χ2v) is 8.27. The number of carbonyl (C=O) groups excluding carboxylic acids is 1. The van der Waals surface area contributed by atoms with E-state index in [1.807, 2.05) is 24.3 Å². The number of aromatic nitrogens is 2. The minimum Gasteiger partial charge on any atom is -0.494 e. The van der Waals surface area contributed by atoms with E-state index < -0.39 is 0 Å². The minimum absolute atomic E-state index is 0.154. The molecule has 1 aliphatic heterocycles. The topological polar surface area (TPSA) is 80.5 Å². The van der Waals surface area contributed by atoms with E-state index in [1.165, 1.54) is 0 Å². The summed E-state index contributed by atoms with van der Waals surface area (Å²) in [5.74, 6) is 1.22. The molecule has 3 aromatic rings. The van der Waals surface area contributed by atoms with Crippen LogP contribution in [-0.4, -0.2) is 47.2 Å². The minimum atomic E-state index is -0.154. The molecule has 1 saturated carbocycles. The third-order valence-corrected chi connectivity index (χ3v) is 5.93. The van der Waals surface area contributed by atoms with E-state index in [2.05, 4.69) is 27.5 Å². The average Bonchev–Trinajstić information content (AvgIpc) is 3.44. The first kappa shape index (κ1) is 19.1. The number of amides is 1. The van der Waals surface area contributed by atoms with Gasteiger partial charge in [-0.3, -0.25) is 9.69 Å². The van der Waals surface area contributed by atoms with Gasteiger partial charge in [0.05, 0.1) is 18.5 Å². The van der Waals surface area contributed by atoms with Gasteiger partial charge >= 0.3 is 0 Å². The Morgan fingerprint density at radius 2 is 2.17 bits per heavy atom. The highest BCUT2D eigenvalue weighted by molar-refractivity contribution is 5.91. The number of hydrogen-bond acceptors (Lipinski definition) is 6. The lowest BCUT2D eigenvalue weighted by Gasteiger charge is -2.31. The number of methoxy groups -OCH3 is 1. The molecule has 1 saturated heterocycles. The van der Waals surface area contributed by atoms with Gasteiger partial charge in [-0.2, -0.15) is 0 Å². The van der Waals surface area contributed by atoms with E-state index in [9.17, 15) is 4.79 Å². The lowest BCUT2D eigenvalue weighted by atomic mass is 9.94. The summed E-state index contributed by atoms with van der Waals surface area (Å²) in [6.07, 6.45) is 4.24. The molecule has 1 aliphatic carbocycles. The van der Waals surface area contributed by atoms with E-state index in [0.717, 1.165) is 73.4 Å². The van der Waals surface area contributed by atoms with E-state index in [0.29, 0.717) is 11.8 Å². The molecule has 7 nitrogen and oxygen atoms in total. The standard InChI is InChI=1S/C23H26N4O3/c1-29-20-6-2-4-15-7-8-18(24-22(15)20)14-27-11-3-5-16(13-27)19-12-21(30-26-19)23(28)25-17-9-10-17/h2,4,6-8,12,16-17H,3,5,9-11,13-14H2,1H3,(H,25,28)/t16-/m0/s1. The van der Waals surface area contributed by atoms with Crippen molar-refractivity contribution < 1.29 is 14.1 Å². The Bertz CT molecular complexity index is 1060. The van der Waals surface area contributed by atoms with Crippen molar-refractivity contribution >= 4 is 16.8 Å². The Balaban J connectivity index is 1.27. The van der Waals surface area contributed by atoms with E-state index in [-0.39, 0.29) is 11.8 Å². The van der Waals surface area contributed by atoms with Crippen LogP contribution in [0.15, 0.2) is 40.9 Å². The Labute approximate surface area is 175 Å². The molecule has 0 bridgehead atoms. The molecule has 2 aromatic heterocycles. The summed E-state index contributed by atoms with van der Waals surface area (Å²) < 4.78 is 10.8. The summed E-state index contributed by atoms with van der Waals surface area (Å²) in [5, 5.41) is 8.23. The number of benzene rings is 1. The van der Waals surface area contributed by atoms with Gasteiger partial charge in [0.25, 0.3) is 5.91 Å². The van der Waals surface area contributed by atoms with Crippen molar-refractivity contribution in [1.29, 1.82) is 0 Å². The predicted molar refractivity (Wildman–Crippen MR) is 113 cm³/mol. The van der Waals surface area contributed by atoms with Crippen molar-refractivity contribution in [3.63, 3.8) is 0 Å². The molecule has 1 atom stereocenters. The van der Waals surface area contributed by atoms with Gasteiger partial charge < -0.3 is 14.6 Å². The number of hydrogen-bond donors (Lipinski definition) is 1. The lowest BCUT2D eigenvalue weighted by Crippen LogP contribution is -2.34. The van der Waals surface area contributed by atoms with Crippen LogP contribution < -0.4 is 10.1 Å². The molecule has 1 amide bonds. The van der Waals surface area contributed by atoms with Crippen LogP contribution in [0.3, 0.4) is 0 Å². The molecule has 2 fully saturated rings. The fraction of sp³-hybridized carbons (Fsp3) is 0.435. The number of fused-ring (bicyclic) bond motifs is 1. The van der Waals surface area contributed by atoms with E-state index in [1.54, 1.807) is 7.11 Å². The summed E-state index contributed by atoms with van der Waals surface area (Å²) >= 11 is 0. The quantitative estimate of drug-likeness (QED) is 0.675. The maximum Gasteiger partial charge on any atom is 0.290 e. The second kappa shape index (κ2) is 8.07. The highest BCUT2D eigenvalue weighted by Gasteiger charge is 2.28. The number of piperidine rings is 1. The van der Waals surface area contributed by atoms with Crippen LogP contribution in [0.25, 0.3) is 10.9 Å². The highest BCUT2D eigenvalue weighted by Crippen LogP contribution is 2.29. The number of pyridine rings is 1. The largest absolute Gasteiger partial charge is 0.494 e. The zero-order valence-corrected chi connectivity index (χ0v) is 17.1. The molecule has 5 rings (SSSR count). The number of carbonyl (C=O) groups is 1. The lowest BCUT2D eigenvalue weighted by molar-refractivity contribution is 0.0913. The zero-order valence-electron chi connectivity index (χ0n) is 17.1. The van der Waals surface area contributed by atoms with Crippen LogP contribution in [-0.2, 0) is 6.54 Å². The van der Waals surface area contributed by atoms with Gasteiger partial charge in [-0.1, -0.05) is 23.4 Å². The first-order valence-electron chi connectivity index (χ1n) is 10.6. The van der Waals surface area contributed by atoms with Crippen LogP contribution >= 0.6 is 0 Å². The smallest absolute Gasteiger partial charge is 0.290 e. The fourth-order valence-corrected chi connectivity index (χ4v) is 4.16. The Kier molecular flexibility index (Phi) is 5.12. The first-order valence-corrected chi connectivity index (χ1v) is 10.6. The van der Waals surface area contributed by atoms with Crippen LogP contribution in [0.1, 0.15) is 53.5 Å². The van der Waals surface area contributed by atoms with Crippen molar-refractivity contribution in [3.05, 3.63) is 53.5 Å². The summed E-state index contributed by atoms with van der Waals surface area (Å²) in [7, 11) is 1.68. The van der Waals surface area contributed by atoms with Gasteiger partial charge in [0, 0.05) is 36.5 Å².